The average molecular weight is 278 g/mol. The van der Waals surface area contributed by atoms with Gasteiger partial charge in [-0.1, -0.05) is 24.3 Å². The number of thiophene rings is 1. The second-order valence-corrected chi connectivity index (χ2v) is 5.06. The highest BCUT2D eigenvalue weighted by Crippen LogP contribution is 2.08. The summed E-state index contributed by atoms with van der Waals surface area (Å²) < 4.78 is 13.3. The average Bonchev–Trinajstić information content (AvgIpc) is 2.91. The minimum absolute atomic E-state index is 0.192. The Bertz CT molecular complexity index is 528. The van der Waals surface area contributed by atoms with Crippen LogP contribution in [0.5, 0.6) is 0 Å². The molecule has 1 aromatic heterocycles. The van der Waals surface area contributed by atoms with Gasteiger partial charge in [0.1, 0.15) is 5.82 Å². The molecule has 0 aliphatic carbocycles. The first-order chi connectivity index (χ1) is 9.25. The Labute approximate surface area is 115 Å². The molecule has 3 nitrogen and oxygen atoms in total. The van der Waals surface area contributed by atoms with Gasteiger partial charge in [0, 0.05) is 23.5 Å². The molecule has 0 radical (unpaired) electrons. The molecule has 1 heterocycles. The molecule has 0 aliphatic rings. The van der Waals surface area contributed by atoms with Gasteiger partial charge >= 0.3 is 6.03 Å². The first kappa shape index (κ1) is 13.5. The monoisotopic (exact) mass is 278 g/mol. The summed E-state index contributed by atoms with van der Waals surface area (Å²) in [6.45, 7) is 0.765. The molecule has 2 N–H and O–H groups in total. The van der Waals surface area contributed by atoms with E-state index in [2.05, 4.69) is 10.6 Å². The highest BCUT2D eigenvalue weighted by Gasteiger charge is 2.03. The number of carbonyl (C=O) groups excluding carboxylic acids is 1. The second kappa shape index (κ2) is 6.89. The van der Waals surface area contributed by atoms with Crippen molar-refractivity contribution in [2.24, 2.45) is 0 Å². The number of hydrogen-bond acceptors (Lipinski definition) is 2. The van der Waals surface area contributed by atoms with Crippen molar-refractivity contribution in [2.45, 2.75) is 13.0 Å². The molecule has 0 aliphatic heterocycles. The SMILES string of the molecule is O=C(NCCc1cccs1)NCc1ccccc1F. The van der Waals surface area contributed by atoms with E-state index in [1.165, 1.54) is 10.9 Å². The molecule has 100 valence electrons. The van der Waals surface area contributed by atoms with Crippen LogP contribution >= 0.6 is 11.3 Å². The number of carbonyl (C=O) groups is 1. The number of urea groups is 1. The Kier molecular flexibility index (Phi) is 4.92. The zero-order valence-electron chi connectivity index (χ0n) is 10.4. The van der Waals surface area contributed by atoms with Crippen molar-refractivity contribution in [3.63, 3.8) is 0 Å². The normalized spacial score (nSPS) is 10.2. The quantitative estimate of drug-likeness (QED) is 0.867. The van der Waals surface area contributed by atoms with Crippen LogP contribution in [0, 0.1) is 5.82 Å². The van der Waals surface area contributed by atoms with Crippen molar-refractivity contribution >= 4 is 17.4 Å². The Morgan fingerprint density at radius 2 is 2.00 bits per heavy atom. The Morgan fingerprint density at radius 1 is 1.16 bits per heavy atom. The van der Waals surface area contributed by atoms with E-state index in [0.717, 1.165) is 6.42 Å². The first-order valence-corrected chi connectivity index (χ1v) is 6.91. The molecular formula is C14H15FN2OS. The van der Waals surface area contributed by atoms with Gasteiger partial charge in [-0.3, -0.25) is 0 Å². The number of hydrogen-bond donors (Lipinski definition) is 2. The molecule has 5 heteroatoms. The highest BCUT2D eigenvalue weighted by molar-refractivity contribution is 7.09. The van der Waals surface area contributed by atoms with Crippen molar-refractivity contribution in [2.75, 3.05) is 6.54 Å². The van der Waals surface area contributed by atoms with Crippen LogP contribution in [0.25, 0.3) is 0 Å². The fourth-order valence-electron chi connectivity index (χ4n) is 1.63. The third kappa shape index (κ3) is 4.37. The van der Waals surface area contributed by atoms with Crippen LogP contribution in [0.4, 0.5) is 9.18 Å². The van der Waals surface area contributed by atoms with E-state index in [1.54, 1.807) is 29.5 Å². The van der Waals surface area contributed by atoms with Gasteiger partial charge in [0.25, 0.3) is 0 Å². The van der Waals surface area contributed by atoms with Crippen LogP contribution in [0.3, 0.4) is 0 Å². The van der Waals surface area contributed by atoms with E-state index in [0.29, 0.717) is 12.1 Å². The van der Waals surface area contributed by atoms with Crippen molar-refractivity contribution < 1.29 is 9.18 Å². The molecule has 0 atom stereocenters. The molecule has 0 unspecified atom stereocenters. The van der Waals surface area contributed by atoms with Gasteiger partial charge in [-0.15, -0.1) is 11.3 Å². The summed E-state index contributed by atoms with van der Waals surface area (Å²) >= 11 is 1.67. The van der Waals surface area contributed by atoms with Gasteiger partial charge in [0.2, 0.25) is 0 Å². The number of halogens is 1. The maximum absolute atomic E-state index is 13.3. The summed E-state index contributed by atoms with van der Waals surface area (Å²) in [5, 5.41) is 7.39. The van der Waals surface area contributed by atoms with E-state index < -0.39 is 0 Å². The van der Waals surface area contributed by atoms with E-state index in [-0.39, 0.29) is 18.4 Å². The minimum atomic E-state index is -0.304. The molecule has 0 fully saturated rings. The molecular weight excluding hydrogens is 263 g/mol. The molecule has 1 aromatic carbocycles. The third-order valence-electron chi connectivity index (χ3n) is 2.63. The summed E-state index contributed by atoms with van der Waals surface area (Å²) in [5.74, 6) is -0.304. The lowest BCUT2D eigenvalue weighted by atomic mass is 10.2. The number of benzene rings is 1. The van der Waals surface area contributed by atoms with Crippen molar-refractivity contribution in [3.8, 4) is 0 Å². The lowest BCUT2D eigenvalue weighted by Gasteiger charge is -2.07. The van der Waals surface area contributed by atoms with Gasteiger partial charge in [0.05, 0.1) is 0 Å². The van der Waals surface area contributed by atoms with Gasteiger partial charge < -0.3 is 10.6 Å². The van der Waals surface area contributed by atoms with Crippen LogP contribution in [-0.4, -0.2) is 12.6 Å². The lowest BCUT2D eigenvalue weighted by Crippen LogP contribution is -2.36. The molecule has 0 saturated heterocycles. The first-order valence-electron chi connectivity index (χ1n) is 6.03. The predicted molar refractivity (Wildman–Crippen MR) is 74.7 cm³/mol. The smallest absolute Gasteiger partial charge is 0.315 e. The molecule has 0 bridgehead atoms. The Balaban J connectivity index is 1.69. The van der Waals surface area contributed by atoms with Crippen LogP contribution < -0.4 is 10.6 Å². The van der Waals surface area contributed by atoms with E-state index in [4.69, 9.17) is 0 Å². The van der Waals surface area contributed by atoms with Gasteiger partial charge in [-0.2, -0.15) is 0 Å². The van der Waals surface area contributed by atoms with Gasteiger partial charge in [-0.05, 0) is 23.9 Å². The van der Waals surface area contributed by atoms with Crippen LogP contribution in [0.2, 0.25) is 0 Å². The topological polar surface area (TPSA) is 41.1 Å². The van der Waals surface area contributed by atoms with Crippen LogP contribution in [0.15, 0.2) is 41.8 Å². The van der Waals surface area contributed by atoms with E-state index >= 15 is 0 Å². The fourth-order valence-corrected chi connectivity index (χ4v) is 2.34. The van der Waals surface area contributed by atoms with Crippen molar-refractivity contribution in [3.05, 3.63) is 58.0 Å². The van der Waals surface area contributed by atoms with E-state index in [9.17, 15) is 9.18 Å². The maximum Gasteiger partial charge on any atom is 0.315 e. The summed E-state index contributed by atoms with van der Waals surface area (Å²) in [4.78, 5) is 12.7. The summed E-state index contributed by atoms with van der Waals surface area (Å²) in [6.07, 6.45) is 0.810. The number of rotatable bonds is 5. The minimum Gasteiger partial charge on any atom is -0.338 e. The summed E-state index contributed by atoms with van der Waals surface area (Å²) in [6, 6.07) is 10.1. The molecule has 2 aromatic rings. The zero-order valence-corrected chi connectivity index (χ0v) is 11.2. The maximum atomic E-state index is 13.3. The summed E-state index contributed by atoms with van der Waals surface area (Å²) in [5.41, 5.74) is 0.482. The second-order valence-electron chi connectivity index (χ2n) is 4.03. The fraction of sp³-hybridized carbons (Fsp3) is 0.214. The standard InChI is InChI=1S/C14H15FN2OS/c15-13-6-2-1-4-11(13)10-17-14(18)16-8-7-12-5-3-9-19-12/h1-6,9H,7-8,10H2,(H2,16,17,18). The molecule has 0 saturated carbocycles. The van der Waals surface area contributed by atoms with Gasteiger partial charge in [-0.25, -0.2) is 9.18 Å². The van der Waals surface area contributed by atoms with Crippen molar-refractivity contribution in [1.82, 2.24) is 10.6 Å². The summed E-state index contributed by atoms with van der Waals surface area (Å²) in [7, 11) is 0. The largest absolute Gasteiger partial charge is 0.338 e. The third-order valence-corrected chi connectivity index (χ3v) is 3.57. The Morgan fingerprint density at radius 3 is 2.74 bits per heavy atom. The number of nitrogens with one attached hydrogen (secondary N) is 2. The van der Waals surface area contributed by atoms with E-state index in [1.807, 2.05) is 17.5 Å². The lowest BCUT2D eigenvalue weighted by molar-refractivity contribution is 0.240. The molecule has 2 amide bonds. The molecule has 0 spiro atoms. The zero-order chi connectivity index (χ0) is 13.5. The van der Waals surface area contributed by atoms with Gasteiger partial charge in [0.15, 0.2) is 0 Å². The highest BCUT2D eigenvalue weighted by atomic mass is 32.1. The van der Waals surface area contributed by atoms with Crippen molar-refractivity contribution in [1.29, 1.82) is 0 Å². The predicted octanol–water partition coefficient (Wildman–Crippen LogP) is 2.93. The van der Waals surface area contributed by atoms with Crippen LogP contribution in [-0.2, 0) is 13.0 Å². The number of amides is 2. The molecule has 2 rings (SSSR count). The molecule has 19 heavy (non-hydrogen) atoms. The Hall–Kier alpha value is -1.88. The van der Waals surface area contributed by atoms with Crippen LogP contribution in [0.1, 0.15) is 10.4 Å².